The molecule has 144 valence electrons. The molecule has 1 aliphatic rings. The van der Waals surface area contributed by atoms with E-state index in [1.165, 1.54) is 17.3 Å². The van der Waals surface area contributed by atoms with Crippen LogP contribution in [0, 0.1) is 0 Å². The molecule has 0 bridgehead atoms. The summed E-state index contributed by atoms with van der Waals surface area (Å²) in [5.74, 6) is 0.0876. The summed E-state index contributed by atoms with van der Waals surface area (Å²) in [7, 11) is 1.59. The molecule has 2 rings (SSSR count). The van der Waals surface area contributed by atoms with E-state index in [1.54, 1.807) is 13.2 Å². The molecule has 0 fully saturated rings. The van der Waals surface area contributed by atoms with Crippen LogP contribution in [0.15, 0.2) is 40.8 Å². The Morgan fingerprint density at radius 3 is 2.81 bits per heavy atom. The molecule has 1 aromatic carbocycles. The van der Waals surface area contributed by atoms with Crippen molar-refractivity contribution in [3.05, 3.63) is 41.5 Å². The third kappa shape index (κ3) is 7.78. The number of nitrogens with one attached hydrogen (secondary N) is 3. The first-order valence-corrected chi connectivity index (χ1v) is 9.33. The first kappa shape index (κ1) is 22.5. The van der Waals surface area contributed by atoms with E-state index < -0.39 is 0 Å². The average Bonchev–Trinajstić information content (AvgIpc) is 2.66. The first-order valence-electron chi connectivity index (χ1n) is 8.35. The molecule has 3 N–H and O–H groups in total. The number of halogens is 1. The van der Waals surface area contributed by atoms with Crippen LogP contribution in [0.5, 0.6) is 0 Å². The number of hydrogen-bond acceptors (Lipinski definition) is 5. The molecule has 0 atom stereocenters. The highest BCUT2D eigenvalue weighted by Gasteiger charge is 2.13. The van der Waals surface area contributed by atoms with E-state index in [9.17, 15) is 9.59 Å². The zero-order valence-corrected chi connectivity index (χ0v) is 16.5. The van der Waals surface area contributed by atoms with Gasteiger partial charge in [0, 0.05) is 31.6 Å². The lowest BCUT2D eigenvalue weighted by Gasteiger charge is -2.15. The summed E-state index contributed by atoms with van der Waals surface area (Å²) in [6.45, 7) is 3.35. The highest BCUT2D eigenvalue weighted by Crippen LogP contribution is 2.22. The number of methoxy groups -OCH3 is 1. The molecular formula is C18H26ClN3O3S. The van der Waals surface area contributed by atoms with E-state index in [1.807, 2.05) is 18.2 Å². The lowest BCUT2D eigenvalue weighted by Crippen LogP contribution is -2.30. The quantitative estimate of drug-likeness (QED) is 0.334. The maximum atomic E-state index is 12.5. The molecule has 0 saturated carbocycles. The standard InChI is InChI=1S/C18H25N3O3S.ClH/c1-24-11-10-20-17(22)13-25-16-5-3-2-4-15(16)18(23)21-12-14-6-8-19-9-7-14;/h2-6,19H,7-13H2,1H3,(H,20,22)(H,21,23);1H. The zero-order valence-electron chi connectivity index (χ0n) is 14.9. The fourth-order valence-corrected chi connectivity index (χ4v) is 3.27. The number of ether oxygens (including phenoxy) is 1. The summed E-state index contributed by atoms with van der Waals surface area (Å²) < 4.78 is 4.90. The van der Waals surface area contributed by atoms with Gasteiger partial charge in [-0.05, 0) is 25.1 Å². The number of amides is 2. The molecule has 1 heterocycles. The molecule has 6 nitrogen and oxygen atoms in total. The normalized spacial score (nSPS) is 13.3. The van der Waals surface area contributed by atoms with Crippen LogP contribution in [-0.2, 0) is 9.53 Å². The topological polar surface area (TPSA) is 79.5 Å². The molecule has 0 spiro atoms. The minimum atomic E-state index is -0.109. The highest BCUT2D eigenvalue weighted by atomic mass is 35.5. The smallest absolute Gasteiger partial charge is 0.252 e. The minimum absolute atomic E-state index is 0. The fraction of sp³-hybridized carbons (Fsp3) is 0.444. The SMILES string of the molecule is COCCNC(=O)CSc1ccccc1C(=O)NCC1=CCNCC1.Cl. The van der Waals surface area contributed by atoms with Crippen LogP contribution in [0.25, 0.3) is 0 Å². The first-order chi connectivity index (χ1) is 12.2. The van der Waals surface area contributed by atoms with Crippen molar-refractivity contribution < 1.29 is 14.3 Å². The molecule has 1 aromatic rings. The Morgan fingerprint density at radius 2 is 2.08 bits per heavy atom. The Bertz CT molecular complexity index is 625. The lowest BCUT2D eigenvalue weighted by molar-refractivity contribution is -0.118. The molecule has 8 heteroatoms. The molecule has 1 aliphatic heterocycles. The van der Waals surface area contributed by atoms with Crippen LogP contribution in [0.3, 0.4) is 0 Å². The average molecular weight is 400 g/mol. The molecule has 0 aromatic heterocycles. The Hall–Kier alpha value is -1.54. The van der Waals surface area contributed by atoms with Crippen molar-refractivity contribution in [2.45, 2.75) is 11.3 Å². The van der Waals surface area contributed by atoms with Gasteiger partial charge in [-0.25, -0.2) is 0 Å². The van der Waals surface area contributed by atoms with Crippen molar-refractivity contribution in [3.63, 3.8) is 0 Å². The van der Waals surface area contributed by atoms with E-state index in [4.69, 9.17) is 4.74 Å². The van der Waals surface area contributed by atoms with Crippen LogP contribution in [0.4, 0.5) is 0 Å². The maximum absolute atomic E-state index is 12.5. The number of benzene rings is 1. The van der Waals surface area contributed by atoms with Crippen LogP contribution in [-0.4, -0.2) is 57.5 Å². The second-order valence-electron chi connectivity index (χ2n) is 5.63. The molecular weight excluding hydrogens is 374 g/mol. The number of rotatable bonds is 9. The van der Waals surface area contributed by atoms with Gasteiger partial charge in [0.1, 0.15) is 0 Å². The number of hydrogen-bond donors (Lipinski definition) is 3. The minimum Gasteiger partial charge on any atom is -0.383 e. The fourth-order valence-electron chi connectivity index (χ4n) is 2.39. The Balaban J connectivity index is 0.00000338. The largest absolute Gasteiger partial charge is 0.383 e. The molecule has 0 saturated heterocycles. The van der Waals surface area contributed by atoms with E-state index in [2.05, 4.69) is 22.0 Å². The second kappa shape index (κ2) is 12.8. The Morgan fingerprint density at radius 1 is 1.27 bits per heavy atom. The number of thioether (sulfide) groups is 1. The van der Waals surface area contributed by atoms with Crippen molar-refractivity contribution in [1.82, 2.24) is 16.0 Å². The van der Waals surface area contributed by atoms with Crippen LogP contribution in [0.1, 0.15) is 16.8 Å². The Kier molecular flexibility index (Phi) is 11.0. The zero-order chi connectivity index (χ0) is 17.9. The van der Waals surface area contributed by atoms with Gasteiger partial charge >= 0.3 is 0 Å². The third-order valence-electron chi connectivity index (χ3n) is 3.75. The van der Waals surface area contributed by atoms with Crippen molar-refractivity contribution in [2.24, 2.45) is 0 Å². The van der Waals surface area contributed by atoms with Crippen LogP contribution >= 0.6 is 24.2 Å². The second-order valence-corrected chi connectivity index (χ2v) is 6.64. The van der Waals surface area contributed by atoms with Gasteiger partial charge in [-0.2, -0.15) is 0 Å². The van der Waals surface area contributed by atoms with Crippen molar-refractivity contribution in [1.29, 1.82) is 0 Å². The van der Waals surface area contributed by atoms with Crippen LogP contribution < -0.4 is 16.0 Å². The van der Waals surface area contributed by atoms with Crippen LogP contribution in [0.2, 0.25) is 0 Å². The van der Waals surface area contributed by atoms with Gasteiger partial charge in [-0.3, -0.25) is 9.59 Å². The van der Waals surface area contributed by atoms with Crippen molar-refractivity contribution >= 4 is 36.0 Å². The van der Waals surface area contributed by atoms with Gasteiger partial charge in [-0.1, -0.05) is 23.8 Å². The predicted octanol–water partition coefficient (Wildman–Crippen LogP) is 1.61. The molecule has 0 radical (unpaired) electrons. The molecule has 0 aliphatic carbocycles. The van der Waals surface area contributed by atoms with Gasteiger partial charge in [0.25, 0.3) is 5.91 Å². The van der Waals surface area contributed by atoms with E-state index in [0.717, 1.165) is 24.4 Å². The van der Waals surface area contributed by atoms with Gasteiger partial charge < -0.3 is 20.7 Å². The summed E-state index contributed by atoms with van der Waals surface area (Å²) in [6.07, 6.45) is 3.08. The maximum Gasteiger partial charge on any atom is 0.252 e. The predicted molar refractivity (Wildman–Crippen MR) is 107 cm³/mol. The lowest BCUT2D eigenvalue weighted by atomic mass is 10.1. The van der Waals surface area contributed by atoms with Gasteiger partial charge in [0.05, 0.1) is 17.9 Å². The summed E-state index contributed by atoms with van der Waals surface area (Å²) in [6, 6.07) is 7.36. The summed E-state index contributed by atoms with van der Waals surface area (Å²) in [4.78, 5) is 25.1. The molecule has 2 amide bonds. The molecule has 0 unspecified atom stereocenters. The van der Waals surface area contributed by atoms with Gasteiger partial charge in [-0.15, -0.1) is 24.2 Å². The van der Waals surface area contributed by atoms with Crippen molar-refractivity contribution in [2.75, 3.05) is 45.6 Å². The number of carbonyl (C=O) groups excluding carboxylic acids is 2. The monoisotopic (exact) mass is 399 g/mol. The number of carbonyl (C=O) groups is 2. The van der Waals surface area contributed by atoms with Gasteiger partial charge in [0.15, 0.2) is 0 Å². The van der Waals surface area contributed by atoms with E-state index in [-0.39, 0.29) is 30.0 Å². The summed E-state index contributed by atoms with van der Waals surface area (Å²) in [5, 5.41) is 9.00. The Labute approximate surface area is 164 Å². The van der Waals surface area contributed by atoms with E-state index >= 15 is 0 Å². The van der Waals surface area contributed by atoms with Crippen molar-refractivity contribution in [3.8, 4) is 0 Å². The molecule has 26 heavy (non-hydrogen) atoms. The third-order valence-corrected chi connectivity index (χ3v) is 4.83. The summed E-state index contributed by atoms with van der Waals surface area (Å²) >= 11 is 1.36. The summed E-state index contributed by atoms with van der Waals surface area (Å²) in [5.41, 5.74) is 1.85. The highest BCUT2D eigenvalue weighted by molar-refractivity contribution is 8.00. The van der Waals surface area contributed by atoms with E-state index in [0.29, 0.717) is 25.3 Å². The van der Waals surface area contributed by atoms with Gasteiger partial charge in [0.2, 0.25) is 5.91 Å².